The van der Waals surface area contributed by atoms with Crippen molar-refractivity contribution in [2.75, 3.05) is 24.2 Å². The van der Waals surface area contributed by atoms with E-state index in [0.717, 1.165) is 5.75 Å². The van der Waals surface area contributed by atoms with Gasteiger partial charge in [-0.15, -0.1) is 11.8 Å². The number of hydrogen-bond donors (Lipinski definition) is 1. The van der Waals surface area contributed by atoms with Crippen LogP contribution in [0.1, 0.15) is 25.0 Å². The minimum absolute atomic E-state index is 0.149. The summed E-state index contributed by atoms with van der Waals surface area (Å²) in [7, 11) is -3.54. The number of aryl methyl sites for hydroxylation is 1. The Morgan fingerprint density at radius 2 is 1.74 bits per heavy atom. The molecule has 0 aliphatic carbocycles. The van der Waals surface area contributed by atoms with Gasteiger partial charge in [0.25, 0.3) is 0 Å². The van der Waals surface area contributed by atoms with Gasteiger partial charge < -0.3 is 5.32 Å². The van der Waals surface area contributed by atoms with E-state index in [4.69, 9.17) is 0 Å². The summed E-state index contributed by atoms with van der Waals surface area (Å²) in [6.45, 7) is 6.46. The first-order chi connectivity index (χ1) is 12.9. The van der Waals surface area contributed by atoms with E-state index >= 15 is 0 Å². The lowest BCUT2D eigenvalue weighted by molar-refractivity contribution is -0.113. The number of benzene rings is 2. The van der Waals surface area contributed by atoms with Crippen LogP contribution in [-0.2, 0) is 20.6 Å². The third-order valence-corrected chi connectivity index (χ3v) is 7.13. The van der Waals surface area contributed by atoms with Crippen molar-refractivity contribution >= 4 is 33.4 Å². The number of amides is 1. The molecule has 0 spiro atoms. The standard InChI is InChI=1S/C20H26N2O3S2/c1-4-22(5-2)27(24,25)19-8-6-7-18(13-19)21-20(23)15-26-14-17-11-9-16(3)10-12-17/h6-13H,4-5,14-15H2,1-3H3,(H,21,23). The van der Waals surface area contributed by atoms with Gasteiger partial charge in [0.2, 0.25) is 15.9 Å². The molecule has 0 saturated carbocycles. The molecule has 0 fully saturated rings. The highest BCUT2D eigenvalue weighted by molar-refractivity contribution is 7.99. The number of thioether (sulfide) groups is 1. The number of nitrogens with one attached hydrogen (secondary N) is 1. The van der Waals surface area contributed by atoms with Crippen molar-refractivity contribution in [2.45, 2.75) is 31.4 Å². The molecular weight excluding hydrogens is 380 g/mol. The minimum atomic E-state index is -3.54. The van der Waals surface area contributed by atoms with E-state index < -0.39 is 10.0 Å². The van der Waals surface area contributed by atoms with Gasteiger partial charge in [0.05, 0.1) is 10.6 Å². The van der Waals surface area contributed by atoms with Gasteiger partial charge >= 0.3 is 0 Å². The van der Waals surface area contributed by atoms with Gasteiger partial charge in [-0.3, -0.25) is 4.79 Å². The molecule has 0 saturated heterocycles. The summed E-state index contributed by atoms with van der Waals surface area (Å²) in [6.07, 6.45) is 0. The van der Waals surface area contributed by atoms with Gasteiger partial charge in [0.1, 0.15) is 0 Å². The maximum Gasteiger partial charge on any atom is 0.243 e. The van der Waals surface area contributed by atoms with Crippen LogP contribution in [0, 0.1) is 6.92 Å². The molecule has 1 amide bonds. The lowest BCUT2D eigenvalue weighted by Gasteiger charge is -2.18. The highest BCUT2D eigenvalue weighted by Gasteiger charge is 2.21. The number of nitrogens with zero attached hydrogens (tertiary/aromatic N) is 1. The SMILES string of the molecule is CCN(CC)S(=O)(=O)c1cccc(NC(=O)CSCc2ccc(C)cc2)c1. The lowest BCUT2D eigenvalue weighted by atomic mass is 10.2. The second-order valence-electron chi connectivity index (χ2n) is 6.14. The number of anilines is 1. The Morgan fingerprint density at radius 3 is 2.37 bits per heavy atom. The smallest absolute Gasteiger partial charge is 0.243 e. The van der Waals surface area contributed by atoms with E-state index in [1.807, 2.05) is 6.92 Å². The Morgan fingerprint density at radius 1 is 1.07 bits per heavy atom. The van der Waals surface area contributed by atoms with E-state index in [2.05, 4.69) is 29.6 Å². The van der Waals surface area contributed by atoms with Gasteiger partial charge in [0, 0.05) is 24.5 Å². The number of carbonyl (C=O) groups excluding carboxylic acids is 1. The summed E-state index contributed by atoms with van der Waals surface area (Å²) in [5.74, 6) is 0.912. The monoisotopic (exact) mass is 406 g/mol. The highest BCUT2D eigenvalue weighted by Crippen LogP contribution is 2.20. The van der Waals surface area contributed by atoms with E-state index in [9.17, 15) is 13.2 Å². The topological polar surface area (TPSA) is 66.5 Å². The fraction of sp³-hybridized carbons (Fsp3) is 0.350. The first-order valence-corrected chi connectivity index (χ1v) is 11.5. The molecule has 0 unspecified atom stereocenters. The third kappa shape index (κ3) is 6.09. The van der Waals surface area contributed by atoms with Gasteiger partial charge in [-0.2, -0.15) is 4.31 Å². The molecule has 0 aliphatic heterocycles. The minimum Gasteiger partial charge on any atom is -0.325 e. The normalized spacial score (nSPS) is 11.6. The fourth-order valence-electron chi connectivity index (χ4n) is 2.59. The molecule has 27 heavy (non-hydrogen) atoms. The van der Waals surface area contributed by atoms with Crippen molar-refractivity contribution in [1.29, 1.82) is 0 Å². The summed E-state index contributed by atoms with van der Waals surface area (Å²) in [5, 5.41) is 2.78. The van der Waals surface area contributed by atoms with E-state index in [-0.39, 0.29) is 10.8 Å². The highest BCUT2D eigenvalue weighted by atomic mass is 32.2. The molecule has 0 radical (unpaired) electrons. The number of hydrogen-bond acceptors (Lipinski definition) is 4. The summed E-state index contributed by atoms with van der Waals surface area (Å²) in [5.41, 5.74) is 2.87. The molecular formula is C20H26N2O3S2. The third-order valence-electron chi connectivity index (χ3n) is 4.08. The van der Waals surface area contributed by atoms with E-state index in [1.54, 1.807) is 32.0 Å². The average Bonchev–Trinajstić information content (AvgIpc) is 2.64. The van der Waals surface area contributed by atoms with Crippen molar-refractivity contribution < 1.29 is 13.2 Å². The predicted molar refractivity (Wildman–Crippen MR) is 113 cm³/mol. The molecule has 0 aliphatic rings. The van der Waals surface area contributed by atoms with E-state index in [1.165, 1.54) is 33.3 Å². The summed E-state index contributed by atoms with van der Waals surface area (Å²) < 4.78 is 26.6. The van der Waals surface area contributed by atoms with Crippen LogP contribution in [0.2, 0.25) is 0 Å². The Hall–Kier alpha value is -1.83. The van der Waals surface area contributed by atoms with Crippen LogP contribution in [0.5, 0.6) is 0 Å². The van der Waals surface area contributed by atoms with Gasteiger partial charge in [-0.05, 0) is 30.7 Å². The zero-order valence-corrected chi connectivity index (χ0v) is 17.6. The molecule has 2 aromatic carbocycles. The summed E-state index contributed by atoms with van der Waals surface area (Å²) in [6, 6.07) is 14.6. The number of carbonyl (C=O) groups is 1. The Bertz CT molecular complexity index is 861. The Labute approximate surface area is 166 Å². The van der Waals surface area contributed by atoms with Crippen LogP contribution in [0.4, 0.5) is 5.69 Å². The van der Waals surface area contributed by atoms with Gasteiger partial charge in [-0.1, -0.05) is 49.7 Å². The number of sulfonamides is 1. The van der Waals surface area contributed by atoms with Crippen molar-refractivity contribution in [3.05, 3.63) is 59.7 Å². The van der Waals surface area contributed by atoms with Crippen LogP contribution in [0.15, 0.2) is 53.4 Å². The first-order valence-electron chi connectivity index (χ1n) is 8.90. The second kappa shape index (κ2) is 9.92. The second-order valence-corrected chi connectivity index (χ2v) is 9.07. The molecule has 5 nitrogen and oxygen atoms in total. The van der Waals surface area contributed by atoms with E-state index in [0.29, 0.717) is 24.5 Å². The van der Waals surface area contributed by atoms with Crippen molar-refractivity contribution in [3.8, 4) is 0 Å². The number of rotatable bonds is 9. The largest absolute Gasteiger partial charge is 0.325 e. The zero-order valence-electron chi connectivity index (χ0n) is 15.9. The van der Waals surface area contributed by atoms with Crippen LogP contribution < -0.4 is 5.32 Å². The Balaban J connectivity index is 1.95. The predicted octanol–water partition coefficient (Wildman–Crippen LogP) is 3.90. The van der Waals surface area contributed by atoms with Crippen molar-refractivity contribution in [2.24, 2.45) is 0 Å². The van der Waals surface area contributed by atoms with Crippen molar-refractivity contribution in [3.63, 3.8) is 0 Å². The van der Waals surface area contributed by atoms with Gasteiger partial charge in [-0.25, -0.2) is 8.42 Å². The molecule has 0 bridgehead atoms. The van der Waals surface area contributed by atoms with Crippen LogP contribution in [-0.4, -0.2) is 37.5 Å². The van der Waals surface area contributed by atoms with Crippen LogP contribution in [0.3, 0.4) is 0 Å². The maximum absolute atomic E-state index is 12.6. The molecule has 146 valence electrons. The van der Waals surface area contributed by atoms with Crippen molar-refractivity contribution in [1.82, 2.24) is 4.31 Å². The zero-order chi connectivity index (χ0) is 19.9. The molecule has 1 N–H and O–H groups in total. The quantitative estimate of drug-likeness (QED) is 0.686. The molecule has 0 heterocycles. The first kappa shape index (κ1) is 21.5. The summed E-state index contributed by atoms with van der Waals surface area (Å²) in [4.78, 5) is 12.4. The fourth-order valence-corrected chi connectivity index (χ4v) is 4.88. The molecule has 2 aromatic rings. The summed E-state index contributed by atoms with van der Waals surface area (Å²) >= 11 is 1.52. The molecule has 0 atom stereocenters. The lowest BCUT2D eigenvalue weighted by Crippen LogP contribution is -2.30. The molecule has 7 heteroatoms. The van der Waals surface area contributed by atoms with Crippen LogP contribution in [0.25, 0.3) is 0 Å². The molecule has 0 aromatic heterocycles. The Kier molecular flexibility index (Phi) is 7.89. The average molecular weight is 407 g/mol. The molecule has 2 rings (SSSR count). The van der Waals surface area contributed by atoms with Crippen LogP contribution >= 0.6 is 11.8 Å². The van der Waals surface area contributed by atoms with Gasteiger partial charge in [0.15, 0.2) is 0 Å². The maximum atomic E-state index is 12.6.